The second-order valence-electron chi connectivity index (χ2n) is 8.63. The number of amides is 1. The zero-order chi connectivity index (χ0) is 24.8. The number of carbonyl (C=O) groups excluding carboxylic acids is 1. The van der Waals surface area contributed by atoms with Gasteiger partial charge in [0.25, 0.3) is 5.91 Å². The minimum Gasteiger partial charge on any atom is -0.480 e. The number of fused-ring (bicyclic) bond motifs is 1. The van der Waals surface area contributed by atoms with Crippen LogP contribution in [0.5, 0.6) is 0 Å². The molecule has 0 saturated carbocycles. The molecule has 0 fully saturated rings. The Kier molecular flexibility index (Phi) is 7.45. The molecule has 0 spiro atoms. The van der Waals surface area contributed by atoms with Crippen molar-refractivity contribution < 1.29 is 19.1 Å². The molecule has 0 saturated heterocycles. The minimum absolute atomic E-state index is 0.224. The van der Waals surface area contributed by atoms with E-state index in [2.05, 4.69) is 34.7 Å². The SMILES string of the molecule is CCCC(Cc1ccc(-c2nc3ccccc3o2)cc1)Nc1ccc(C(=O)N[C@H](C)C(=O)O)cc1. The van der Waals surface area contributed by atoms with Gasteiger partial charge in [0.05, 0.1) is 0 Å². The average molecular weight is 472 g/mol. The number of carboxylic acid groups (broad SMARTS) is 1. The minimum atomic E-state index is -1.07. The number of anilines is 1. The van der Waals surface area contributed by atoms with Crippen molar-refractivity contribution in [1.29, 1.82) is 0 Å². The van der Waals surface area contributed by atoms with Gasteiger partial charge in [-0.25, -0.2) is 4.98 Å². The maximum atomic E-state index is 12.2. The smallest absolute Gasteiger partial charge is 0.325 e. The van der Waals surface area contributed by atoms with Crippen LogP contribution in [-0.2, 0) is 11.2 Å². The lowest BCUT2D eigenvalue weighted by atomic mass is 10.0. The third-order valence-electron chi connectivity index (χ3n) is 5.85. The summed E-state index contributed by atoms with van der Waals surface area (Å²) in [6.07, 6.45) is 2.87. The van der Waals surface area contributed by atoms with Gasteiger partial charge in [0.1, 0.15) is 11.6 Å². The summed E-state index contributed by atoms with van der Waals surface area (Å²) in [5, 5.41) is 15.0. The molecule has 7 nitrogen and oxygen atoms in total. The number of nitrogens with zero attached hydrogens (tertiary/aromatic N) is 1. The highest BCUT2D eigenvalue weighted by Crippen LogP contribution is 2.25. The molecule has 0 radical (unpaired) electrons. The molecule has 3 aromatic carbocycles. The van der Waals surface area contributed by atoms with Gasteiger partial charge in [0.15, 0.2) is 5.58 Å². The van der Waals surface area contributed by atoms with Crippen molar-refractivity contribution in [2.45, 2.75) is 45.2 Å². The molecule has 0 aliphatic heterocycles. The molecule has 0 bridgehead atoms. The fourth-order valence-electron chi connectivity index (χ4n) is 3.93. The molecule has 4 rings (SSSR count). The number of hydrogen-bond donors (Lipinski definition) is 3. The van der Waals surface area contributed by atoms with Gasteiger partial charge in [-0.2, -0.15) is 0 Å². The third-order valence-corrected chi connectivity index (χ3v) is 5.85. The summed E-state index contributed by atoms with van der Waals surface area (Å²) < 4.78 is 5.87. The summed E-state index contributed by atoms with van der Waals surface area (Å²) in [4.78, 5) is 27.7. The topological polar surface area (TPSA) is 104 Å². The molecule has 4 aromatic rings. The molecule has 180 valence electrons. The van der Waals surface area contributed by atoms with E-state index in [1.807, 2.05) is 48.5 Å². The van der Waals surface area contributed by atoms with E-state index in [0.29, 0.717) is 11.5 Å². The van der Waals surface area contributed by atoms with Crippen LogP contribution in [-0.4, -0.2) is 34.1 Å². The molecule has 35 heavy (non-hydrogen) atoms. The highest BCUT2D eigenvalue weighted by Gasteiger charge is 2.16. The van der Waals surface area contributed by atoms with Gasteiger partial charge in [-0.05, 0) is 73.9 Å². The van der Waals surface area contributed by atoms with Crippen molar-refractivity contribution in [3.05, 3.63) is 83.9 Å². The normalized spacial score (nSPS) is 12.7. The van der Waals surface area contributed by atoms with Crippen LogP contribution in [0, 0.1) is 0 Å². The van der Waals surface area contributed by atoms with Gasteiger partial charge in [-0.15, -0.1) is 0 Å². The molecule has 0 aliphatic carbocycles. The summed E-state index contributed by atoms with van der Waals surface area (Å²) in [5.74, 6) is -0.862. The first-order chi connectivity index (χ1) is 16.9. The Labute approximate surface area is 204 Å². The van der Waals surface area contributed by atoms with Gasteiger partial charge in [0.2, 0.25) is 5.89 Å². The lowest BCUT2D eigenvalue weighted by Crippen LogP contribution is -2.38. The second-order valence-corrected chi connectivity index (χ2v) is 8.63. The van der Waals surface area contributed by atoms with E-state index in [1.165, 1.54) is 12.5 Å². The monoisotopic (exact) mass is 471 g/mol. The summed E-state index contributed by atoms with van der Waals surface area (Å²) in [6, 6.07) is 22.4. The van der Waals surface area contributed by atoms with Gasteiger partial charge in [-0.3, -0.25) is 9.59 Å². The van der Waals surface area contributed by atoms with E-state index < -0.39 is 17.9 Å². The maximum Gasteiger partial charge on any atom is 0.325 e. The predicted molar refractivity (Wildman–Crippen MR) is 136 cm³/mol. The van der Waals surface area contributed by atoms with Crippen molar-refractivity contribution in [3.8, 4) is 11.5 Å². The maximum absolute atomic E-state index is 12.2. The first kappa shape index (κ1) is 24.0. The van der Waals surface area contributed by atoms with Crippen LogP contribution in [0.2, 0.25) is 0 Å². The largest absolute Gasteiger partial charge is 0.480 e. The molecule has 1 amide bonds. The quantitative estimate of drug-likeness (QED) is 0.281. The highest BCUT2D eigenvalue weighted by molar-refractivity contribution is 5.96. The van der Waals surface area contributed by atoms with Crippen molar-refractivity contribution in [3.63, 3.8) is 0 Å². The molecular weight excluding hydrogens is 442 g/mol. The van der Waals surface area contributed by atoms with Crippen LogP contribution in [0.25, 0.3) is 22.6 Å². The number of nitrogens with one attached hydrogen (secondary N) is 2. The average Bonchev–Trinajstić information content (AvgIpc) is 3.29. The number of rotatable bonds is 10. The standard InChI is InChI=1S/C28H29N3O4/c1-3-6-23(30-22-15-13-20(14-16-22)26(32)29-18(2)28(33)34)17-19-9-11-21(12-10-19)27-31-24-7-4-5-8-25(24)35-27/h4-5,7-16,18,23,30H,3,6,17H2,1-2H3,(H,29,32)(H,33,34)/t18-,23?/m1/s1. The van der Waals surface area contributed by atoms with E-state index in [0.717, 1.165) is 41.6 Å². The van der Waals surface area contributed by atoms with E-state index in [1.54, 1.807) is 12.1 Å². The molecule has 7 heteroatoms. The number of oxazole rings is 1. The Balaban J connectivity index is 1.40. The van der Waals surface area contributed by atoms with Gasteiger partial charge in [-0.1, -0.05) is 37.6 Å². The molecule has 2 atom stereocenters. The van der Waals surface area contributed by atoms with Crippen molar-refractivity contribution >= 4 is 28.7 Å². The zero-order valence-electron chi connectivity index (χ0n) is 19.8. The third kappa shape index (κ3) is 6.06. The summed E-state index contributed by atoms with van der Waals surface area (Å²) >= 11 is 0. The Morgan fingerprint density at radius 1 is 1.00 bits per heavy atom. The van der Waals surface area contributed by atoms with Gasteiger partial charge < -0.3 is 20.2 Å². The lowest BCUT2D eigenvalue weighted by molar-refractivity contribution is -0.138. The number of hydrogen-bond acceptors (Lipinski definition) is 5. The van der Waals surface area contributed by atoms with Crippen LogP contribution in [0.4, 0.5) is 5.69 Å². The van der Waals surface area contributed by atoms with E-state index >= 15 is 0 Å². The van der Waals surface area contributed by atoms with Crippen molar-refractivity contribution in [2.24, 2.45) is 0 Å². The van der Waals surface area contributed by atoms with E-state index in [-0.39, 0.29) is 6.04 Å². The Bertz CT molecular complexity index is 1260. The van der Waals surface area contributed by atoms with Gasteiger partial charge >= 0.3 is 5.97 Å². The summed E-state index contributed by atoms with van der Waals surface area (Å²) in [7, 11) is 0. The number of aromatic nitrogens is 1. The van der Waals surface area contributed by atoms with Crippen LogP contribution in [0.1, 0.15) is 42.6 Å². The van der Waals surface area contributed by atoms with Crippen LogP contribution in [0.3, 0.4) is 0 Å². The molecule has 1 aromatic heterocycles. The predicted octanol–water partition coefficient (Wildman–Crippen LogP) is 5.52. The molecule has 1 unspecified atom stereocenters. The Morgan fingerprint density at radius 2 is 1.71 bits per heavy atom. The first-order valence-corrected chi connectivity index (χ1v) is 11.8. The molecule has 3 N–H and O–H groups in total. The van der Waals surface area contributed by atoms with Crippen molar-refractivity contribution in [2.75, 3.05) is 5.32 Å². The van der Waals surface area contributed by atoms with Crippen LogP contribution >= 0.6 is 0 Å². The fourth-order valence-corrected chi connectivity index (χ4v) is 3.93. The second kappa shape index (κ2) is 10.9. The highest BCUT2D eigenvalue weighted by atomic mass is 16.4. The van der Waals surface area contributed by atoms with E-state index in [9.17, 15) is 9.59 Å². The molecule has 0 aliphatic rings. The van der Waals surface area contributed by atoms with E-state index in [4.69, 9.17) is 9.52 Å². The fraction of sp³-hybridized carbons (Fsp3) is 0.250. The number of para-hydroxylation sites is 2. The Hall–Kier alpha value is -4.13. The zero-order valence-corrected chi connectivity index (χ0v) is 19.8. The number of aliphatic carboxylic acids is 1. The molecular formula is C28H29N3O4. The lowest BCUT2D eigenvalue weighted by Gasteiger charge is -2.20. The van der Waals surface area contributed by atoms with Crippen LogP contribution < -0.4 is 10.6 Å². The number of benzene rings is 3. The first-order valence-electron chi connectivity index (χ1n) is 11.8. The Morgan fingerprint density at radius 3 is 2.37 bits per heavy atom. The van der Waals surface area contributed by atoms with Gasteiger partial charge in [0, 0.05) is 22.9 Å². The molecule has 1 heterocycles. The number of carbonyl (C=O) groups is 2. The van der Waals surface area contributed by atoms with Crippen molar-refractivity contribution in [1.82, 2.24) is 10.3 Å². The van der Waals surface area contributed by atoms with Crippen LogP contribution in [0.15, 0.2) is 77.2 Å². The summed E-state index contributed by atoms with van der Waals surface area (Å²) in [5.41, 5.74) is 5.10. The number of carboxylic acids is 1. The summed E-state index contributed by atoms with van der Waals surface area (Å²) in [6.45, 7) is 3.59.